The summed E-state index contributed by atoms with van der Waals surface area (Å²) in [5, 5.41) is 0.175. The van der Waals surface area contributed by atoms with Gasteiger partial charge in [0.15, 0.2) is 0 Å². The van der Waals surface area contributed by atoms with E-state index in [-0.39, 0.29) is 14.9 Å². The van der Waals surface area contributed by atoms with E-state index in [1.807, 2.05) is 0 Å². The summed E-state index contributed by atoms with van der Waals surface area (Å²) in [5.74, 6) is 0.786. The first-order chi connectivity index (χ1) is 8.79. The molecule has 0 saturated carbocycles. The number of rotatable bonds is 6. The van der Waals surface area contributed by atoms with Gasteiger partial charge >= 0.3 is 0 Å². The molecule has 0 aliphatic carbocycles. The summed E-state index contributed by atoms with van der Waals surface area (Å²) in [4.78, 5) is -0.212. The summed E-state index contributed by atoms with van der Waals surface area (Å²) in [6.45, 7) is 4.67. The maximum atomic E-state index is 11.3. The number of ether oxygens (including phenoxy) is 1. The van der Waals surface area contributed by atoms with Crippen molar-refractivity contribution in [2.24, 2.45) is 5.92 Å². The van der Waals surface area contributed by atoms with E-state index in [1.54, 1.807) is 0 Å². The molecule has 0 aliphatic rings. The van der Waals surface area contributed by atoms with E-state index in [0.717, 1.165) is 12.8 Å². The Kier molecular flexibility index (Phi) is 6.24. The maximum Gasteiger partial charge on any atom is 0.262 e. The molecule has 0 spiro atoms. The third kappa shape index (κ3) is 4.71. The summed E-state index contributed by atoms with van der Waals surface area (Å²) in [6, 6.07) is 2.58. The van der Waals surface area contributed by atoms with E-state index >= 15 is 0 Å². The second-order valence-corrected chi connectivity index (χ2v) is 7.49. The highest BCUT2D eigenvalue weighted by Gasteiger charge is 2.18. The number of hydrogen-bond donors (Lipinski definition) is 0. The van der Waals surface area contributed by atoms with Gasteiger partial charge in [-0.15, -0.1) is 0 Å². The van der Waals surface area contributed by atoms with Crippen molar-refractivity contribution in [1.82, 2.24) is 0 Å². The first kappa shape index (κ1) is 16.9. The van der Waals surface area contributed by atoms with Crippen molar-refractivity contribution in [3.8, 4) is 5.75 Å². The minimum atomic E-state index is -3.91. The first-order valence-corrected chi connectivity index (χ1v) is 8.92. The lowest BCUT2D eigenvalue weighted by Crippen LogP contribution is -2.10. The molecular weight excluding hydrogens is 331 g/mol. The fraction of sp³-hybridized carbons (Fsp3) is 0.500. The van der Waals surface area contributed by atoms with Crippen molar-refractivity contribution < 1.29 is 13.2 Å². The van der Waals surface area contributed by atoms with Crippen LogP contribution in [0.3, 0.4) is 0 Å². The Bertz CT molecular complexity index is 539. The molecular formula is C12H15Cl3O3S. The van der Waals surface area contributed by atoms with Crippen LogP contribution in [0.2, 0.25) is 10.0 Å². The zero-order chi connectivity index (χ0) is 14.6. The van der Waals surface area contributed by atoms with Gasteiger partial charge in [0.1, 0.15) is 10.6 Å². The van der Waals surface area contributed by atoms with Gasteiger partial charge in [-0.05, 0) is 12.0 Å². The normalized spacial score (nSPS) is 11.9. The van der Waals surface area contributed by atoms with Crippen molar-refractivity contribution in [1.29, 1.82) is 0 Å². The molecule has 3 nitrogen and oxygen atoms in total. The van der Waals surface area contributed by atoms with Gasteiger partial charge in [0.2, 0.25) is 0 Å². The van der Waals surface area contributed by atoms with Crippen LogP contribution in [0.15, 0.2) is 17.0 Å². The van der Waals surface area contributed by atoms with Crippen LogP contribution in [-0.2, 0) is 9.05 Å². The van der Waals surface area contributed by atoms with Crippen LogP contribution < -0.4 is 4.74 Å². The molecule has 0 radical (unpaired) electrons. The molecule has 0 aliphatic heterocycles. The lowest BCUT2D eigenvalue weighted by Gasteiger charge is -2.15. The van der Waals surface area contributed by atoms with Crippen LogP contribution in [-0.4, -0.2) is 15.0 Å². The lowest BCUT2D eigenvalue weighted by molar-refractivity contribution is 0.240. The molecule has 0 amide bonds. The van der Waals surface area contributed by atoms with E-state index in [9.17, 15) is 8.42 Å². The first-order valence-electron chi connectivity index (χ1n) is 5.86. The molecule has 0 N–H and O–H groups in total. The molecule has 1 rings (SSSR count). The number of hydrogen-bond acceptors (Lipinski definition) is 3. The van der Waals surface area contributed by atoms with Crippen molar-refractivity contribution in [3.63, 3.8) is 0 Å². The Morgan fingerprint density at radius 2 is 1.74 bits per heavy atom. The third-order valence-corrected chi connectivity index (χ3v) is 4.96. The quantitative estimate of drug-likeness (QED) is 0.700. The molecule has 0 fully saturated rings. The predicted molar refractivity (Wildman–Crippen MR) is 79.1 cm³/mol. The molecule has 0 aromatic heterocycles. The van der Waals surface area contributed by atoms with Gasteiger partial charge in [-0.1, -0.05) is 49.9 Å². The summed E-state index contributed by atoms with van der Waals surface area (Å²) in [5.41, 5.74) is 0. The van der Waals surface area contributed by atoms with Crippen LogP contribution in [0.25, 0.3) is 0 Å². The molecule has 0 atom stereocenters. The van der Waals surface area contributed by atoms with E-state index in [1.165, 1.54) is 12.1 Å². The van der Waals surface area contributed by atoms with Gasteiger partial charge in [-0.2, -0.15) is 0 Å². The second-order valence-electron chi connectivity index (χ2n) is 4.14. The molecule has 0 unspecified atom stereocenters. The highest BCUT2D eigenvalue weighted by Crippen LogP contribution is 2.35. The minimum Gasteiger partial charge on any atom is -0.492 e. The zero-order valence-corrected chi connectivity index (χ0v) is 13.7. The standard InChI is InChI=1S/C12H15Cl3O3S/c1-3-8(4-2)7-18-11-5-10(14)12(6-9(11)13)19(15,16)17/h5-6,8H,3-4,7H2,1-2H3. The molecule has 108 valence electrons. The smallest absolute Gasteiger partial charge is 0.262 e. The monoisotopic (exact) mass is 344 g/mol. The molecule has 1 aromatic rings. The highest BCUT2D eigenvalue weighted by atomic mass is 35.7. The van der Waals surface area contributed by atoms with Crippen LogP contribution in [0.5, 0.6) is 5.75 Å². The van der Waals surface area contributed by atoms with Gasteiger partial charge in [-0.25, -0.2) is 8.42 Å². The summed E-state index contributed by atoms with van der Waals surface area (Å²) in [7, 11) is 1.34. The van der Waals surface area contributed by atoms with E-state index in [0.29, 0.717) is 18.3 Å². The average Bonchev–Trinajstić information content (AvgIpc) is 2.32. The Morgan fingerprint density at radius 3 is 2.21 bits per heavy atom. The Labute approximate surface area is 128 Å². The lowest BCUT2D eigenvalue weighted by atomic mass is 10.1. The van der Waals surface area contributed by atoms with Gasteiger partial charge in [0.05, 0.1) is 16.7 Å². The molecule has 0 bridgehead atoms. The minimum absolute atomic E-state index is 0.000975. The van der Waals surface area contributed by atoms with Crippen LogP contribution in [0.1, 0.15) is 26.7 Å². The van der Waals surface area contributed by atoms with Crippen LogP contribution >= 0.6 is 33.9 Å². The molecule has 0 heterocycles. The number of halogens is 3. The van der Waals surface area contributed by atoms with Gasteiger partial charge in [-0.3, -0.25) is 0 Å². The van der Waals surface area contributed by atoms with Crippen molar-refractivity contribution in [2.45, 2.75) is 31.6 Å². The highest BCUT2D eigenvalue weighted by molar-refractivity contribution is 8.13. The van der Waals surface area contributed by atoms with Crippen LogP contribution in [0.4, 0.5) is 0 Å². The summed E-state index contributed by atoms with van der Waals surface area (Å²) < 4.78 is 28.1. The Morgan fingerprint density at radius 1 is 1.16 bits per heavy atom. The maximum absolute atomic E-state index is 11.3. The topological polar surface area (TPSA) is 43.4 Å². The van der Waals surface area contributed by atoms with E-state index in [2.05, 4.69) is 13.8 Å². The summed E-state index contributed by atoms with van der Waals surface area (Å²) >= 11 is 11.8. The molecule has 0 saturated heterocycles. The molecule has 1 aromatic carbocycles. The molecule has 7 heteroatoms. The van der Waals surface area contributed by atoms with Crippen molar-refractivity contribution in [3.05, 3.63) is 22.2 Å². The zero-order valence-electron chi connectivity index (χ0n) is 10.6. The van der Waals surface area contributed by atoms with Gasteiger partial charge in [0.25, 0.3) is 9.05 Å². The van der Waals surface area contributed by atoms with E-state index < -0.39 is 9.05 Å². The fourth-order valence-corrected chi connectivity index (χ4v) is 3.33. The van der Waals surface area contributed by atoms with Crippen molar-refractivity contribution >= 4 is 42.9 Å². The Hall–Kier alpha value is -0.160. The SMILES string of the molecule is CCC(CC)COc1cc(Cl)c(S(=O)(=O)Cl)cc1Cl. The second kappa shape index (κ2) is 7.02. The number of benzene rings is 1. The predicted octanol–water partition coefficient (Wildman–Crippen LogP) is 4.74. The van der Waals surface area contributed by atoms with Crippen LogP contribution in [0, 0.1) is 5.92 Å². The van der Waals surface area contributed by atoms with E-state index in [4.69, 9.17) is 38.6 Å². The average molecular weight is 346 g/mol. The fourth-order valence-electron chi connectivity index (χ4n) is 1.54. The van der Waals surface area contributed by atoms with Gasteiger partial charge < -0.3 is 4.74 Å². The van der Waals surface area contributed by atoms with Crippen molar-refractivity contribution in [2.75, 3.05) is 6.61 Å². The third-order valence-electron chi connectivity index (χ3n) is 2.88. The largest absolute Gasteiger partial charge is 0.492 e. The molecule has 19 heavy (non-hydrogen) atoms. The summed E-state index contributed by atoms with van der Waals surface area (Å²) in [6.07, 6.45) is 1.99. The van der Waals surface area contributed by atoms with Gasteiger partial charge in [0, 0.05) is 16.7 Å². The Balaban J connectivity index is 2.97.